The number of thioether (sulfide) groups is 2. The van der Waals surface area contributed by atoms with Gasteiger partial charge in [0.05, 0.1) is 54.9 Å². The monoisotopic (exact) mass is 1870 g/mol. The van der Waals surface area contributed by atoms with Crippen LogP contribution in [-0.4, -0.2) is 164 Å². The van der Waals surface area contributed by atoms with Crippen molar-refractivity contribution in [2.75, 3.05) is 77.0 Å². The highest BCUT2D eigenvalue weighted by Crippen LogP contribution is 2.50. The number of hydrogen-bond donors (Lipinski definition) is 8. The molecule has 8 aromatic carbocycles. The predicted molar refractivity (Wildman–Crippen MR) is 501 cm³/mol. The molecule has 2 aliphatic rings. The van der Waals surface area contributed by atoms with Gasteiger partial charge in [0, 0.05) is 61.7 Å². The standard InChI is InChI=1S/2C46H55N4O10PS.C4H6O3/c2*1-7-44(2,3)42(52)62-29-28-58-61(55,47-30-32-14-10-8-11-15-32)59-31-38-40(51)45(4,54)41(60-38)50-27-26-39(48-43(50)53)49-46(33-16-12-9-13-17-33,34-18-22-36(56-5)23-19-34)35-20-24-37(57-6)25-21-35;1-3(5)7-4(2)6/h2*8-27,38,40-41,51,54H,7,28-31H2,1-6H3,(H,47,55)(H,48,49,53);1-2H3/t2*38-,40?,41-,45+,61?;/m11./s1. The van der Waals surface area contributed by atoms with Crippen molar-refractivity contribution in [1.82, 2.24) is 29.3 Å². The maximum atomic E-state index is 14.1. The first-order valence-electron chi connectivity index (χ1n) is 42.4. The first-order chi connectivity index (χ1) is 62.4. The second-order valence-corrected chi connectivity index (χ2v) is 38.3. The molecule has 10 aromatic rings. The summed E-state index contributed by atoms with van der Waals surface area (Å²) in [6.45, 7) is 15.5. The van der Waals surface area contributed by atoms with Gasteiger partial charge >= 0.3 is 38.8 Å². The van der Waals surface area contributed by atoms with Gasteiger partial charge in [0.15, 0.2) is 22.7 Å². The number of aromatic nitrogens is 4. The number of ether oxygens (including phenoxy) is 7. The molecule has 0 bridgehead atoms. The van der Waals surface area contributed by atoms with Gasteiger partial charge in [-0.25, -0.2) is 28.9 Å². The summed E-state index contributed by atoms with van der Waals surface area (Å²) in [7, 11) is -1.77. The number of aliphatic hydroxyl groups is 4. The van der Waals surface area contributed by atoms with Crippen molar-refractivity contribution in [3.63, 3.8) is 0 Å². The van der Waals surface area contributed by atoms with Gasteiger partial charge in [-0.05, 0) is 132 Å². The third-order valence-electron chi connectivity index (χ3n) is 22.6. The van der Waals surface area contributed by atoms with Gasteiger partial charge < -0.3 is 64.2 Å². The molecule has 2 aromatic heterocycles. The van der Waals surface area contributed by atoms with E-state index in [2.05, 4.69) is 35.5 Å². The van der Waals surface area contributed by atoms with E-state index in [0.29, 0.717) is 35.8 Å². The van der Waals surface area contributed by atoms with E-state index in [-0.39, 0.29) is 59.7 Å². The number of nitrogens with zero attached hydrogens (tertiary/aromatic N) is 4. The second kappa shape index (κ2) is 46.2. The van der Waals surface area contributed by atoms with Crippen LogP contribution in [0.4, 0.5) is 11.6 Å². The fraction of sp³-hybridized carbons (Fsp3) is 0.375. The summed E-state index contributed by atoms with van der Waals surface area (Å²) >= 11 is 2.18. The molecule has 0 aliphatic carbocycles. The minimum Gasteiger partial charge on any atom is -0.497 e. The van der Waals surface area contributed by atoms with Crippen LogP contribution in [0.1, 0.15) is 139 Å². The lowest BCUT2D eigenvalue weighted by Crippen LogP contribution is -2.46. The molecule has 10 atom stereocenters. The molecule has 0 amide bonds. The number of rotatable bonds is 40. The topological polar surface area (TPSA) is 403 Å². The number of esters is 2. The van der Waals surface area contributed by atoms with Crippen molar-refractivity contribution in [2.45, 2.75) is 154 Å². The largest absolute Gasteiger partial charge is 0.497 e. The van der Waals surface area contributed by atoms with E-state index in [4.69, 9.17) is 46.5 Å². The average molecular weight is 1880 g/mol. The second-order valence-electron chi connectivity index (χ2n) is 32.5. The summed E-state index contributed by atoms with van der Waals surface area (Å²) in [5.74, 6) is 2.42. The van der Waals surface area contributed by atoms with Crippen molar-refractivity contribution in [3.8, 4) is 23.0 Å². The lowest BCUT2D eigenvalue weighted by molar-refractivity contribution is -0.156. The molecule has 2 aliphatic heterocycles. The molecule has 4 unspecified atom stereocenters. The van der Waals surface area contributed by atoms with Crippen LogP contribution >= 0.6 is 39.0 Å². The smallest absolute Gasteiger partial charge is 0.405 e. The summed E-state index contributed by atoms with van der Waals surface area (Å²) in [5.41, 5.74) is -2.18. The molecule has 2 saturated heterocycles. The first kappa shape index (κ1) is 103. The number of hydrogen-bond acceptors (Lipinski definition) is 29. The van der Waals surface area contributed by atoms with E-state index < -0.39 is 122 Å². The average Bonchev–Trinajstić information content (AvgIpc) is 1.27. The van der Waals surface area contributed by atoms with Crippen LogP contribution in [0.25, 0.3) is 0 Å². The van der Waals surface area contributed by atoms with Gasteiger partial charge in [0.1, 0.15) is 81.3 Å². The number of nitrogens with one attached hydrogen (secondary N) is 4. The minimum absolute atomic E-state index is 0.00844. The van der Waals surface area contributed by atoms with Crippen LogP contribution in [0.15, 0.2) is 253 Å². The first-order valence-corrected chi connectivity index (χ1v) is 47.4. The van der Waals surface area contributed by atoms with Crippen LogP contribution < -0.4 is 51.1 Å². The third-order valence-corrected chi connectivity index (χ3v) is 28.1. The Morgan fingerprint density at radius 1 is 0.443 bits per heavy atom. The molecule has 12 rings (SSSR count). The Hall–Kier alpha value is -10.5. The SMILES string of the molecule is CC(=O)OC(C)=O.CCC(C)(C)C(=O)SCCOP(=O)(NCc1ccccc1)OC[C@H]1O[C@@H](n2ccc(NC(c3ccccc3)(c3ccc(OC)cc3)c3ccc(OC)cc3)nc2=O)[C@@](C)(O)C1O.CCC(C)(C)C(=O)SCCOP(=O)(NCc1ccccc1)OC[C@H]1O[C@@H](n2ccc(NC(c3ccccc3)(c3ccc(OC)cc3)c3ccc(OC)cc3)nc2=O)[C@@](C)(O)C1O. The van der Waals surface area contributed by atoms with Gasteiger partial charge in [-0.3, -0.25) is 46.4 Å². The normalized spacial score (nSPS) is 19.4. The third kappa shape index (κ3) is 26.1. The fourth-order valence-electron chi connectivity index (χ4n) is 14.3. The van der Waals surface area contributed by atoms with E-state index in [1.54, 1.807) is 40.6 Å². The fourth-order valence-corrected chi connectivity index (χ4v) is 18.9. The van der Waals surface area contributed by atoms with E-state index in [0.717, 1.165) is 77.2 Å². The van der Waals surface area contributed by atoms with Gasteiger partial charge in [0.25, 0.3) is 0 Å². The quantitative estimate of drug-likeness (QED) is 0.00581. The summed E-state index contributed by atoms with van der Waals surface area (Å²) in [5, 5.41) is 58.8. The number of carbonyl (C=O) groups excluding carboxylic acids is 4. The zero-order chi connectivity index (χ0) is 95.0. The molecule has 8 N–H and O–H groups in total. The highest BCUT2D eigenvalue weighted by molar-refractivity contribution is 8.14. The van der Waals surface area contributed by atoms with E-state index >= 15 is 0 Å². The molecule has 0 saturated carbocycles. The predicted octanol–water partition coefficient (Wildman–Crippen LogP) is 14.7. The maximum absolute atomic E-state index is 14.1. The summed E-state index contributed by atoms with van der Waals surface area (Å²) < 4.78 is 91.7. The van der Waals surface area contributed by atoms with E-state index in [1.165, 1.54) is 40.1 Å². The molecule has 131 heavy (non-hydrogen) atoms. The van der Waals surface area contributed by atoms with Crippen molar-refractivity contribution in [1.29, 1.82) is 0 Å². The van der Waals surface area contributed by atoms with Crippen LogP contribution in [0.5, 0.6) is 23.0 Å². The Bertz CT molecular complexity index is 5180. The van der Waals surface area contributed by atoms with Crippen molar-refractivity contribution in [2.24, 2.45) is 10.8 Å². The summed E-state index contributed by atoms with van der Waals surface area (Å²) in [6, 6.07) is 71.4. The van der Waals surface area contributed by atoms with Crippen molar-refractivity contribution < 1.29 is 100.0 Å². The Kier molecular flexibility index (Phi) is 36.2. The molecule has 31 nitrogen and oxygen atoms in total. The molecule has 700 valence electrons. The van der Waals surface area contributed by atoms with Gasteiger partial charge in [-0.2, -0.15) is 9.97 Å². The number of aliphatic hydroxyl groups excluding tert-OH is 2. The van der Waals surface area contributed by atoms with Crippen LogP contribution in [0.3, 0.4) is 0 Å². The summed E-state index contributed by atoms with van der Waals surface area (Å²) in [6.07, 6.45) is -4.28. The molecular formula is C96H116N8O23P2S2. The van der Waals surface area contributed by atoms with Crippen LogP contribution in [0.2, 0.25) is 0 Å². The van der Waals surface area contributed by atoms with Gasteiger partial charge in [-0.1, -0.05) is 235 Å². The van der Waals surface area contributed by atoms with Crippen molar-refractivity contribution in [3.05, 3.63) is 308 Å². The lowest BCUT2D eigenvalue weighted by Gasteiger charge is -2.37. The summed E-state index contributed by atoms with van der Waals surface area (Å²) in [4.78, 5) is 81.8. The highest BCUT2D eigenvalue weighted by Gasteiger charge is 2.56. The van der Waals surface area contributed by atoms with Gasteiger partial charge in [-0.15, -0.1) is 0 Å². The Balaban J connectivity index is 0.000000253. The Morgan fingerprint density at radius 3 is 0.985 bits per heavy atom. The highest BCUT2D eigenvalue weighted by atomic mass is 32.2. The van der Waals surface area contributed by atoms with E-state index in [1.807, 2.05) is 260 Å². The van der Waals surface area contributed by atoms with Crippen LogP contribution in [-0.2, 0) is 84.8 Å². The zero-order valence-corrected chi connectivity index (χ0v) is 79.1. The molecule has 4 heterocycles. The molecule has 35 heteroatoms. The maximum Gasteiger partial charge on any atom is 0.405 e. The van der Waals surface area contributed by atoms with E-state index in [9.17, 15) is 58.3 Å². The van der Waals surface area contributed by atoms with Crippen LogP contribution in [0, 0.1) is 10.8 Å². The zero-order valence-electron chi connectivity index (χ0n) is 75.7. The molecular weight excluding hydrogens is 1760 g/mol. The molecule has 0 radical (unpaired) electrons. The Labute approximate surface area is 771 Å². The number of anilines is 2. The molecule has 0 spiro atoms. The number of benzene rings is 8. The molecule has 2 fully saturated rings. The number of carbonyl (C=O) groups is 4. The number of methoxy groups -OCH3 is 4. The van der Waals surface area contributed by atoms with Crippen molar-refractivity contribution >= 4 is 72.8 Å². The Morgan fingerprint density at radius 2 is 0.725 bits per heavy atom. The van der Waals surface area contributed by atoms with Gasteiger partial charge in [0.2, 0.25) is 0 Å². The lowest BCUT2D eigenvalue weighted by atomic mass is 9.77. The minimum atomic E-state index is -4.08.